The molecule has 0 bridgehead atoms. The first kappa shape index (κ1) is 12.8. The van der Waals surface area contributed by atoms with E-state index in [4.69, 9.17) is 14.7 Å². The van der Waals surface area contributed by atoms with Crippen LogP contribution in [0, 0.1) is 6.92 Å². The summed E-state index contributed by atoms with van der Waals surface area (Å²) in [4.78, 5) is 5.31. The highest BCUT2D eigenvalue weighted by atomic mass is 32.2. The fourth-order valence-electron chi connectivity index (χ4n) is 1.72. The van der Waals surface area contributed by atoms with Crippen LogP contribution in [0.5, 0.6) is 0 Å². The Hall–Kier alpha value is -2.21. The van der Waals surface area contributed by atoms with Gasteiger partial charge in [-0.1, -0.05) is 11.2 Å². The van der Waals surface area contributed by atoms with Crippen molar-refractivity contribution < 1.29 is 8.94 Å². The molecule has 0 aliphatic heterocycles. The molecule has 2 N–H and O–H groups in total. The second-order valence-corrected chi connectivity index (χ2v) is 5.34. The molecule has 2 heterocycles. The number of nitrogens with zero attached hydrogens (tertiary/aromatic N) is 2. The number of nitrogen functional groups attached to an aromatic ring is 1. The number of thioether (sulfide) groups is 1. The molecule has 0 radical (unpaired) electrons. The predicted molar refractivity (Wildman–Crippen MR) is 77.2 cm³/mol. The summed E-state index contributed by atoms with van der Waals surface area (Å²) in [5.41, 5.74) is 7.87. The fourth-order valence-corrected chi connectivity index (χ4v) is 2.63. The second-order valence-electron chi connectivity index (χ2n) is 4.32. The van der Waals surface area contributed by atoms with E-state index in [9.17, 15) is 0 Å². The van der Waals surface area contributed by atoms with Crippen molar-refractivity contribution in [2.75, 3.05) is 5.73 Å². The molecule has 0 atom stereocenters. The van der Waals surface area contributed by atoms with Crippen LogP contribution < -0.4 is 5.73 Å². The van der Waals surface area contributed by atoms with Crippen molar-refractivity contribution in [3.63, 3.8) is 0 Å². The maximum atomic E-state index is 5.94. The van der Waals surface area contributed by atoms with Gasteiger partial charge in [0.15, 0.2) is 11.6 Å². The van der Waals surface area contributed by atoms with E-state index >= 15 is 0 Å². The van der Waals surface area contributed by atoms with E-state index in [0.29, 0.717) is 23.2 Å². The first-order valence-corrected chi connectivity index (χ1v) is 7.06. The highest BCUT2D eigenvalue weighted by Crippen LogP contribution is 2.29. The maximum Gasteiger partial charge on any atom is 0.293 e. The Morgan fingerprint density at radius 3 is 3.00 bits per heavy atom. The molecule has 0 amide bonds. The summed E-state index contributed by atoms with van der Waals surface area (Å²) in [6.07, 6.45) is 1.57. The molecule has 3 rings (SSSR count). The lowest BCUT2D eigenvalue weighted by molar-refractivity contribution is 0.411. The van der Waals surface area contributed by atoms with Crippen molar-refractivity contribution in [3.05, 3.63) is 48.0 Å². The number of hydrogen-bond donors (Lipinski definition) is 1. The summed E-state index contributed by atoms with van der Waals surface area (Å²) in [5.74, 6) is 2.17. The molecule has 102 valence electrons. The Balaban J connectivity index is 1.71. The SMILES string of the molecule is Cc1ccc(N)c(SCc2noc(-c3ccco3)n2)c1. The van der Waals surface area contributed by atoms with E-state index in [0.717, 1.165) is 10.6 Å². The van der Waals surface area contributed by atoms with Crippen molar-refractivity contribution in [1.82, 2.24) is 10.1 Å². The average Bonchev–Trinajstić information content (AvgIpc) is 3.09. The van der Waals surface area contributed by atoms with E-state index in [-0.39, 0.29) is 0 Å². The van der Waals surface area contributed by atoms with Crippen LogP contribution in [0.2, 0.25) is 0 Å². The minimum atomic E-state index is 0.391. The maximum absolute atomic E-state index is 5.94. The Kier molecular flexibility index (Phi) is 3.47. The van der Waals surface area contributed by atoms with Gasteiger partial charge in [0.1, 0.15) is 0 Å². The zero-order chi connectivity index (χ0) is 13.9. The van der Waals surface area contributed by atoms with Gasteiger partial charge in [0, 0.05) is 10.6 Å². The number of nitrogens with two attached hydrogens (primary N) is 1. The van der Waals surface area contributed by atoms with Crippen LogP contribution in [0.3, 0.4) is 0 Å². The monoisotopic (exact) mass is 287 g/mol. The standard InChI is InChI=1S/C14H13N3O2S/c1-9-4-5-10(15)12(7-9)20-8-13-16-14(19-17-13)11-3-2-6-18-11/h2-7H,8,15H2,1H3. The Labute approximate surface area is 120 Å². The van der Waals surface area contributed by atoms with Crippen LogP contribution in [0.1, 0.15) is 11.4 Å². The highest BCUT2D eigenvalue weighted by Gasteiger charge is 2.11. The lowest BCUT2D eigenvalue weighted by atomic mass is 10.2. The summed E-state index contributed by atoms with van der Waals surface area (Å²) < 4.78 is 10.4. The molecule has 0 fully saturated rings. The Bertz CT molecular complexity index is 707. The Morgan fingerprint density at radius 1 is 1.30 bits per heavy atom. The largest absolute Gasteiger partial charge is 0.459 e. The van der Waals surface area contributed by atoms with Crippen molar-refractivity contribution in [1.29, 1.82) is 0 Å². The summed E-state index contributed by atoms with van der Waals surface area (Å²) in [5, 5.41) is 3.93. The van der Waals surface area contributed by atoms with Gasteiger partial charge in [-0.25, -0.2) is 0 Å². The summed E-state index contributed by atoms with van der Waals surface area (Å²) >= 11 is 1.58. The molecule has 1 aromatic carbocycles. The molecule has 5 nitrogen and oxygen atoms in total. The quantitative estimate of drug-likeness (QED) is 0.584. The molecule has 0 saturated carbocycles. The van der Waals surface area contributed by atoms with Crippen LogP contribution in [-0.4, -0.2) is 10.1 Å². The van der Waals surface area contributed by atoms with Crippen molar-refractivity contribution >= 4 is 17.4 Å². The molecule has 0 aliphatic rings. The van der Waals surface area contributed by atoms with E-state index in [1.54, 1.807) is 30.2 Å². The first-order valence-electron chi connectivity index (χ1n) is 6.08. The van der Waals surface area contributed by atoms with Gasteiger partial charge in [-0.3, -0.25) is 0 Å². The number of benzene rings is 1. The summed E-state index contributed by atoms with van der Waals surface area (Å²) in [6.45, 7) is 2.03. The molecule has 0 saturated heterocycles. The van der Waals surface area contributed by atoms with Gasteiger partial charge in [0.25, 0.3) is 5.89 Å². The first-order chi connectivity index (χ1) is 9.72. The van der Waals surface area contributed by atoms with E-state index in [1.807, 2.05) is 25.1 Å². The van der Waals surface area contributed by atoms with E-state index in [2.05, 4.69) is 10.1 Å². The molecular weight excluding hydrogens is 274 g/mol. The number of aromatic nitrogens is 2. The summed E-state index contributed by atoms with van der Waals surface area (Å²) in [6, 6.07) is 9.50. The van der Waals surface area contributed by atoms with Gasteiger partial charge < -0.3 is 14.7 Å². The topological polar surface area (TPSA) is 78.1 Å². The second kappa shape index (κ2) is 5.42. The highest BCUT2D eigenvalue weighted by molar-refractivity contribution is 7.98. The Morgan fingerprint density at radius 2 is 2.20 bits per heavy atom. The van der Waals surface area contributed by atoms with Crippen molar-refractivity contribution in [2.45, 2.75) is 17.6 Å². The number of aryl methyl sites for hydroxylation is 1. The molecule has 0 spiro atoms. The number of hydrogen-bond acceptors (Lipinski definition) is 6. The van der Waals surface area contributed by atoms with E-state index < -0.39 is 0 Å². The lowest BCUT2D eigenvalue weighted by Gasteiger charge is -2.04. The van der Waals surface area contributed by atoms with Crippen LogP contribution in [0.4, 0.5) is 5.69 Å². The van der Waals surface area contributed by atoms with Crippen LogP contribution in [0.15, 0.2) is 50.4 Å². The molecule has 20 heavy (non-hydrogen) atoms. The minimum absolute atomic E-state index is 0.391. The zero-order valence-electron chi connectivity index (χ0n) is 10.9. The van der Waals surface area contributed by atoms with Gasteiger partial charge in [0.05, 0.1) is 12.0 Å². The number of furan rings is 1. The predicted octanol–water partition coefficient (Wildman–Crippen LogP) is 3.51. The van der Waals surface area contributed by atoms with E-state index in [1.165, 1.54) is 5.56 Å². The lowest BCUT2D eigenvalue weighted by Crippen LogP contribution is -1.90. The van der Waals surface area contributed by atoms with Gasteiger partial charge >= 0.3 is 0 Å². The van der Waals surface area contributed by atoms with Gasteiger partial charge in [-0.2, -0.15) is 4.98 Å². The van der Waals surface area contributed by atoms with Gasteiger partial charge in [-0.15, -0.1) is 11.8 Å². The van der Waals surface area contributed by atoms with Crippen LogP contribution in [0.25, 0.3) is 11.7 Å². The minimum Gasteiger partial charge on any atom is -0.459 e. The zero-order valence-corrected chi connectivity index (χ0v) is 11.7. The smallest absolute Gasteiger partial charge is 0.293 e. The molecule has 0 unspecified atom stereocenters. The van der Waals surface area contributed by atoms with Crippen LogP contribution in [-0.2, 0) is 5.75 Å². The third-order valence-corrected chi connectivity index (χ3v) is 3.79. The number of anilines is 1. The van der Waals surface area contributed by atoms with Gasteiger partial charge in [-0.05, 0) is 36.8 Å². The molecule has 0 aliphatic carbocycles. The molecular formula is C14H13N3O2S. The third kappa shape index (κ3) is 2.70. The van der Waals surface area contributed by atoms with Crippen molar-refractivity contribution in [2.24, 2.45) is 0 Å². The molecule has 3 aromatic rings. The van der Waals surface area contributed by atoms with Gasteiger partial charge in [0.2, 0.25) is 0 Å². The normalized spacial score (nSPS) is 10.8. The van der Waals surface area contributed by atoms with Crippen molar-refractivity contribution in [3.8, 4) is 11.7 Å². The number of rotatable bonds is 4. The molecule has 6 heteroatoms. The average molecular weight is 287 g/mol. The summed E-state index contributed by atoms with van der Waals surface area (Å²) in [7, 11) is 0. The molecule has 2 aromatic heterocycles. The third-order valence-electron chi connectivity index (χ3n) is 2.73. The van der Waals surface area contributed by atoms with Crippen LogP contribution >= 0.6 is 11.8 Å². The fraction of sp³-hybridized carbons (Fsp3) is 0.143.